The number of nitrogens with one attached hydrogen (secondary N) is 2. The predicted molar refractivity (Wildman–Crippen MR) is 69.0 cm³/mol. The number of H-pyrrole nitrogens is 1. The van der Waals surface area contributed by atoms with Crippen molar-refractivity contribution in [3.8, 4) is 0 Å². The average Bonchev–Trinajstić information content (AvgIpc) is 2.80. The van der Waals surface area contributed by atoms with Crippen LogP contribution in [0.2, 0.25) is 0 Å². The zero-order valence-corrected chi connectivity index (χ0v) is 11.9. The van der Waals surface area contributed by atoms with Crippen molar-refractivity contribution >= 4 is 16.0 Å². The van der Waals surface area contributed by atoms with Gasteiger partial charge in [-0.2, -0.15) is 0 Å². The van der Waals surface area contributed by atoms with E-state index in [4.69, 9.17) is 0 Å². The molecule has 7 nitrogen and oxygen atoms in total. The summed E-state index contributed by atoms with van der Waals surface area (Å²) in [5, 5.41) is 0.0690. The molecule has 0 unspecified atom stereocenters. The molecule has 0 aliphatic carbocycles. The van der Waals surface area contributed by atoms with E-state index in [9.17, 15) is 13.2 Å². The van der Waals surface area contributed by atoms with Crippen molar-refractivity contribution in [3.05, 3.63) is 12.0 Å². The summed E-state index contributed by atoms with van der Waals surface area (Å²) >= 11 is 0. The molecule has 108 valence electrons. The van der Waals surface area contributed by atoms with Gasteiger partial charge in [-0.3, -0.25) is 4.79 Å². The number of aromatic amines is 1. The van der Waals surface area contributed by atoms with Crippen LogP contribution in [0, 0.1) is 6.92 Å². The Balaban J connectivity index is 2.24. The van der Waals surface area contributed by atoms with Crippen LogP contribution in [0.15, 0.2) is 11.2 Å². The van der Waals surface area contributed by atoms with Crippen LogP contribution in [0.25, 0.3) is 0 Å². The monoisotopic (exact) mass is 289 g/mol. The number of aromatic nitrogens is 2. The van der Waals surface area contributed by atoms with E-state index in [1.165, 1.54) is 13.3 Å². The second-order valence-electron chi connectivity index (χ2n) is 4.12. The van der Waals surface area contributed by atoms with E-state index in [-0.39, 0.29) is 11.0 Å². The smallest absolute Gasteiger partial charge is 0.305 e. The number of aryl methyl sites for hydroxylation is 1. The Hall–Kier alpha value is -1.41. The number of carbonyl (C=O) groups is 1. The van der Waals surface area contributed by atoms with E-state index in [2.05, 4.69) is 19.4 Å². The van der Waals surface area contributed by atoms with Gasteiger partial charge in [-0.05, 0) is 19.8 Å². The maximum Gasteiger partial charge on any atom is 0.305 e. The lowest BCUT2D eigenvalue weighted by Gasteiger charge is -2.04. The van der Waals surface area contributed by atoms with Gasteiger partial charge in [-0.1, -0.05) is 6.42 Å². The highest BCUT2D eigenvalue weighted by Crippen LogP contribution is 2.05. The molecule has 0 bridgehead atoms. The molecule has 0 fully saturated rings. The van der Waals surface area contributed by atoms with Gasteiger partial charge in [0.2, 0.25) is 0 Å². The summed E-state index contributed by atoms with van der Waals surface area (Å²) in [6.45, 7) is 2.02. The highest BCUT2D eigenvalue weighted by atomic mass is 32.2. The second-order valence-corrected chi connectivity index (χ2v) is 5.85. The molecule has 8 heteroatoms. The Morgan fingerprint density at radius 2 is 2.16 bits per heavy atom. The van der Waals surface area contributed by atoms with Crippen LogP contribution in [0.4, 0.5) is 0 Å². The van der Waals surface area contributed by atoms with Gasteiger partial charge in [-0.15, -0.1) is 0 Å². The van der Waals surface area contributed by atoms with Gasteiger partial charge in [0.25, 0.3) is 10.0 Å². The summed E-state index contributed by atoms with van der Waals surface area (Å²) in [5.74, 6) is 0.312. The third kappa shape index (κ3) is 5.39. The lowest BCUT2D eigenvalue weighted by atomic mass is 10.2. The first-order valence-corrected chi connectivity index (χ1v) is 7.52. The fourth-order valence-electron chi connectivity index (χ4n) is 1.49. The van der Waals surface area contributed by atoms with Crippen molar-refractivity contribution in [2.24, 2.45) is 0 Å². The highest BCUT2D eigenvalue weighted by molar-refractivity contribution is 7.89. The van der Waals surface area contributed by atoms with E-state index >= 15 is 0 Å². The SMILES string of the molecule is COC(=O)CCCCCNS(=O)(=O)c1cnc(C)[nH]1. The van der Waals surface area contributed by atoms with Gasteiger partial charge in [0.15, 0.2) is 5.03 Å². The van der Waals surface area contributed by atoms with Crippen molar-refractivity contribution < 1.29 is 17.9 Å². The molecule has 1 aromatic heterocycles. The maximum absolute atomic E-state index is 11.8. The summed E-state index contributed by atoms with van der Waals surface area (Å²) < 4.78 is 30.5. The summed E-state index contributed by atoms with van der Waals surface area (Å²) in [4.78, 5) is 17.4. The third-order valence-electron chi connectivity index (χ3n) is 2.55. The van der Waals surface area contributed by atoms with Gasteiger partial charge in [0.1, 0.15) is 5.82 Å². The number of carbonyl (C=O) groups excluding carboxylic acids is 1. The number of rotatable bonds is 8. The Labute approximate surface area is 112 Å². The normalized spacial score (nSPS) is 11.5. The maximum atomic E-state index is 11.8. The number of hydrogen-bond donors (Lipinski definition) is 2. The molecule has 0 amide bonds. The lowest BCUT2D eigenvalue weighted by Crippen LogP contribution is -2.25. The molecule has 1 rings (SSSR count). The first-order chi connectivity index (χ1) is 8.95. The second kappa shape index (κ2) is 7.25. The number of esters is 1. The van der Waals surface area contributed by atoms with Crippen molar-refractivity contribution in [1.82, 2.24) is 14.7 Å². The molecule has 0 aromatic carbocycles. The molecule has 0 atom stereocenters. The van der Waals surface area contributed by atoms with Gasteiger partial charge in [-0.25, -0.2) is 18.1 Å². The van der Waals surface area contributed by atoms with Gasteiger partial charge in [0, 0.05) is 13.0 Å². The zero-order valence-electron chi connectivity index (χ0n) is 11.1. The molecule has 0 aliphatic rings. The molecule has 0 saturated heterocycles. The van der Waals surface area contributed by atoms with E-state index in [1.807, 2.05) is 0 Å². The number of sulfonamides is 1. The molecule has 0 saturated carbocycles. The number of nitrogens with zero attached hydrogens (tertiary/aromatic N) is 1. The Kier molecular flexibility index (Phi) is 5.97. The van der Waals surface area contributed by atoms with Gasteiger partial charge < -0.3 is 9.72 Å². The average molecular weight is 289 g/mol. The largest absolute Gasteiger partial charge is 0.469 e. The van der Waals surface area contributed by atoms with E-state index in [1.54, 1.807) is 6.92 Å². The van der Waals surface area contributed by atoms with Gasteiger partial charge in [0.05, 0.1) is 13.3 Å². The predicted octanol–water partition coefficient (Wildman–Crippen LogP) is 0.730. The van der Waals surface area contributed by atoms with Gasteiger partial charge >= 0.3 is 5.97 Å². The van der Waals surface area contributed by atoms with Crippen LogP contribution in [0.3, 0.4) is 0 Å². The van der Waals surface area contributed by atoms with Crippen LogP contribution in [0.5, 0.6) is 0 Å². The van der Waals surface area contributed by atoms with Crippen LogP contribution < -0.4 is 4.72 Å². The van der Waals surface area contributed by atoms with Crippen LogP contribution >= 0.6 is 0 Å². The van der Waals surface area contributed by atoms with E-state index in [0.29, 0.717) is 31.6 Å². The third-order valence-corrected chi connectivity index (χ3v) is 3.92. The summed E-state index contributed by atoms with van der Waals surface area (Å²) in [5.41, 5.74) is 0. The number of ether oxygens (including phenoxy) is 1. The molecular weight excluding hydrogens is 270 g/mol. The van der Waals surface area contributed by atoms with E-state index < -0.39 is 10.0 Å². The quantitative estimate of drug-likeness (QED) is 0.542. The molecule has 1 aromatic rings. The number of imidazole rings is 1. The molecule has 1 heterocycles. The standard InChI is InChI=1S/C11H19N3O4S/c1-9-12-8-10(14-9)19(16,17)13-7-5-3-4-6-11(15)18-2/h8,13H,3-7H2,1-2H3,(H,12,14). The molecule has 0 spiro atoms. The molecule has 19 heavy (non-hydrogen) atoms. The van der Waals surface area contributed by atoms with Crippen LogP contribution in [-0.2, 0) is 19.6 Å². The van der Waals surface area contributed by atoms with Crippen molar-refractivity contribution in [2.45, 2.75) is 37.6 Å². The summed E-state index contributed by atoms with van der Waals surface area (Å²) in [6.07, 6.45) is 3.78. The first-order valence-electron chi connectivity index (χ1n) is 6.04. The fourth-order valence-corrected chi connectivity index (χ4v) is 2.53. The zero-order chi connectivity index (χ0) is 14.3. The Morgan fingerprint density at radius 1 is 1.42 bits per heavy atom. The van der Waals surface area contributed by atoms with Crippen molar-refractivity contribution in [3.63, 3.8) is 0 Å². The Bertz CT molecular complexity index is 510. The topological polar surface area (TPSA) is 101 Å². The number of hydrogen-bond acceptors (Lipinski definition) is 5. The minimum absolute atomic E-state index is 0.0690. The summed E-state index contributed by atoms with van der Waals surface area (Å²) in [6, 6.07) is 0. The van der Waals surface area contributed by atoms with Crippen LogP contribution in [-0.4, -0.2) is 38.0 Å². The number of unbranched alkanes of at least 4 members (excludes halogenated alkanes) is 2. The minimum atomic E-state index is -3.51. The Morgan fingerprint density at radius 3 is 2.74 bits per heavy atom. The fraction of sp³-hybridized carbons (Fsp3) is 0.636. The highest BCUT2D eigenvalue weighted by Gasteiger charge is 2.15. The molecule has 0 radical (unpaired) electrons. The number of methoxy groups -OCH3 is 1. The van der Waals surface area contributed by atoms with Crippen molar-refractivity contribution in [1.29, 1.82) is 0 Å². The van der Waals surface area contributed by atoms with E-state index in [0.717, 1.165) is 6.42 Å². The molecule has 2 N–H and O–H groups in total. The van der Waals surface area contributed by atoms with Crippen LogP contribution in [0.1, 0.15) is 31.5 Å². The first kappa shape index (κ1) is 15.6. The lowest BCUT2D eigenvalue weighted by molar-refractivity contribution is -0.140. The molecular formula is C11H19N3O4S. The summed E-state index contributed by atoms with van der Waals surface area (Å²) in [7, 11) is -2.16. The van der Waals surface area contributed by atoms with Crippen molar-refractivity contribution in [2.75, 3.05) is 13.7 Å². The minimum Gasteiger partial charge on any atom is -0.469 e. The molecule has 0 aliphatic heterocycles.